The van der Waals surface area contributed by atoms with Crippen LogP contribution >= 0.6 is 0 Å². The summed E-state index contributed by atoms with van der Waals surface area (Å²) in [5.41, 5.74) is 3.91. The highest BCUT2D eigenvalue weighted by Crippen LogP contribution is 2.27. The van der Waals surface area contributed by atoms with E-state index in [9.17, 15) is 0 Å². The predicted octanol–water partition coefficient (Wildman–Crippen LogP) is 4.56. The Kier molecular flexibility index (Phi) is 5.07. The first-order chi connectivity index (χ1) is 9.86. The fourth-order valence-corrected chi connectivity index (χ4v) is 1.83. The Morgan fingerprint density at radius 3 is 1.40 bits per heavy atom. The van der Waals surface area contributed by atoms with Gasteiger partial charge in [0.15, 0.2) is 0 Å². The topological polar surface area (TPSA) is 41.6 Å². The maximum absolute atomic E-state index is 4.23. The molecule has 3 heteroatoms. The maximum Gasteiger partial charge on any atom is 0.120 e. The van der Waals surface area contributed by atoms with E-state index < -0.39 is 0 Å². The van der Waals surface area contributed by atoms with Gasteiger partial charge >= 0.3 is 0 Å². The largest absolute Gasteiger partial charge is 0.197 e. The van der Waals surface area contributed by atoms with Crippen LogP contribution in [0.1, 0.15) is 20.3 Å². The molecule has 3 rings (SSSR count). The van der Waals surface area contributed by atoms with Gasteiger partial charge in [0, 0.05) is 11.1 Å². The molecule has 0 amide bonds. The molecule has 0 spiro atoms. The standard InChI is InChI=1S/C14H11N3.C3H8/c1-3-7-11(8-4-1)13-14(16-17-15-13)12-9-5-2-6-10-12;1-3-2/h1-10H,(H,15,16,17);3H2,1-2H3. The Bertz CT molecular complexity index is 561. The number of hydrogen-bond acceptors (Lipinski definition) is 2. The molecule has 1 heterocycles. The molecule has 102 valence electrons. The van der Waals surface area contributed by atoms with Gasteiger partial charge in [-0.1, -0.05) is 80.9 Å². The molecule has 0 aliphatic carbocycles. The molecule has 0 saturated heterocycles. The summed E-state index contributed by atoms with van der Waals surface area (Å²) in [6.45, 7) is 4.25. The first-order valence-electron chi connectivity index (χ1n) is 6.88. The molecule has 0 aliphatic rings. The van der Waals surface area contributed by atoms with Crippen molar-refractivity contribution in [2.45, 2.75) is 20.3 Å². The molecule has 0 fully saturated rings. The third-order valence-electron chi connectivity index (χ3n) is 2.64. The zero-order valence-electron chi connectivity index (χ0n) is 11.9. The number of rotatable bonds is 2. The predicted molar refractivity (Wildman–Crippen MR) is 83.2 cm³/mol. The second-order valence-corrected chi connectivity index (χ2v) is 4.46. The summed E-state index contributed by atoms with van der Waals surface area (Å²) in [6.07, 6.45) is 1.25. The van der Waals surface area contributed by atoms with Crippen LogP contribution in [0.4, 0.5) is 0 Å². The zero-order chi connectivity index (χ0) is 14.2. The van der Waals surface area contributed by atoms with E-state index in [1.165, 1.54) is 6.42 Å². The first-order valence-corrected chi connectivity index (χ1v) is 6.88. The monoisotopic (exact) mass is 265 g/mol. The number of aromatic amines is 1. The third kappa shape index (κ3) is 3.32. The summed E-state index contributed by atoms with van der Waals surface area (Å²) in [4.78, 5) is 0. The van der Waals surface area contributed by atoms with Gasteiger partial charge in [-0.15, -0.1) is 0 Å². The maximum atomic E-state index is 4.23. The molecule has 3 nitrogen and oxygen atoms in total. The summed E-state index contributed by atoms with van der Waals surface area (Å²) < 4.78 is 0. The van der Waals surface area contributed by atoms with Crippen LogP contribution in [0.5, 0.6) is 0 Å². The Morgan fingerprint density at radius 2 is 1.05 bits per heavy atom. The highest BCUT2D eigenvalue weighted by Gasteiger charge is 2.11. The molecule has 0 unspecified atom stereocenters. The summed E-state index contributed by atoms with van der Waals surface area (Å²) in [5.74, 6) is 0. The molecule has 20 heavy (non-hydrogen) atoms. The lowest BCUT2D eigenvalue weighted by molar-refractivity contribution is 0.944. The molecule has 2 aromatic carbocycles. The average molecular weight is 265 g/mol. The van der Waals surface area contributed by atoms with Crippen LogP contribution in [0.25, 0.3) is 22.5 Å². The fraction of sp³-hybridized carbons (Fsp3) is 0.176. The van der Waals surface area contributed by atoms with Crippen molar-refractivity contribution < 1.29 is 0 Å². The normalized spacial score (nSPS) is 9.70. The van der Waals surface area contributed by atoms with E-state index in [-0.39, 0.29) is 0 Å². The Morgan fingerprint density at radius 1 is 0.700 bits per heavy atom. The quantitative estimate of drug-likeness (QED) is 0.738. The van der Waals surface area contributed by atoms with Crippen molar-refractivity contribution in [1.29, 1.82) is 0 Å². The van der Waals surface area contributed by atoms with Gasteiger partial charge in [-0.2, -0.15) is 15.4 Å². The van der Waals surface area contributed by atoms with Crippen molar-refractivity contribution >= 4 is 0 Å². The zero-order valence-corrected chi connectivity index (χ0v) is 11.9. The van der Waals surface area contributed by atoms with Crippen LogP contribution in [0.15, 0.2) is 60.7 Å². The van der Waals surface area contributed by atoms with E-state index in [4.69, 9.17) is 0 Å². The molecular formula is C17H19N3. The van der Waals surface area contributed by atoms with Crippen molar-refractivity contribution in [3.05, 3.63) is 60.7 Å². The van der Waals surface area contributed by atoms with Gasteiger partial charge in [0.1, 0.15) is 11.4 Å². The molecule has 0 saturated carbocycles. The lowest BCUT2D eigenvalue weighted by atomic mass is 10.1. The van der Waals surface area contributed by atoms with Gasteiger partial charge in [-0.25, -0.2) is 0 Å². The highest BCUT2D eigenvalue weighted by molar-refractivity contribution is 5.77. The van der Waals surface area contributed by atoms with E-state index in [0.717, 1.165) is 22.5 Å². The van der Waals surface area contributed by atoms with Crippen molar-refractivity contribution in [3.63, 3.8) is 0 Å². The number of aromatic nitrogens is 3. The Hall–Kier alpha value is -2.42. The lowest BCUT2D eigenvalue weighted by Gasteiger charge is -2.00. The minimum Gasteiger partial charge on any atom is -0.197 e. The first kappa shape index (κ1) is 14.0. The summed E-state index contributed by atoms with van der Waals surface area (Å²) >= 11 is 0. The number of nitrogens with one attached hydrogen (secondary N) is 1. The number of hydrogen-bond donors (Lipinski definition) is 1. The molecular weight excluding hydrogens is 246 g/mol. The molecule has 3 aromatic rings. The van der Waals surface area contributed by atoms with Crippen LogP contribution in [-0.2, 0) is 0 Å². The van der Waals surface area contributed by atoms with Crippen molar-refractivity contribution in [2.75, 3.05) is 0 Å². The molecule has 0 bridgehead atoms. The van der Waals surface area contributed by atoms with Gasteiger partial charge in [0.25, 0.3) is 0 Å². The van der Waals surface area contributed by atoms with Crippen molar-refractivity contribution in [1.82, 2.24) is 15.4 Å². The molecule has 0 aliphatic heterocycles. The average Bonchev–Trinajstić information content (AvgIpc) is 2.99. The van der Waals surface area contributed by atoms with E-state index in [1.54, 1.807) is 0 Å². The molecule has 0 radical (unpaired) electrons. The second-order valence-electron chi connectivity index (χ2n) is 4.46. The SMILES string of the molecule is CCC.c1ccc(-c2n[nH]nc2-c2ccccc2)cc1. The fourth-order valence-electron chi connectivity index (χ4n) is 1.83. The molecule has 0 atom stereocenters. The van der Waals surface area contributed by atoms with Crippen LogP contribution < -0.4 is 0 Å². The summed E-state index contributed by atoms with van der Waals surface area (Å²) in [5, 5.41) is 11.1. The van der Waals surface area contributed by atoms with Gasteiger partial charge in [0.2, 0.25) is 0 Å². The van der Waals surface area contributed by atoms with E-state index in [2.05, 4.69) is 29.3 Å². The van der Waals surface area contributed by atoms with Crippen LogP contribution in [-0.4, -0.2) is 15.4 Å². The van der Waals surface area contributed by atoms with E-state index >= 15 is 0 Å². The summed E-state index contributed by atoms with van der Waals surface area (Å²) in [6, 6.07) is 20.1. The van der Waals surface area contributed by atoms with E-state index in [1.807, 2.05) is 60.7 Å². The number of H-pyrrole nitrogens is 1. The van der Waals surface area contributed by atoms with Crippen LogP contribution in [0.2, 0.25) is 0 Å². The molecule has 1 N–H and O–H groups in total. The van der Waals surface area contributed by atoms with Crippen molar-refractivity contribution in [3.8, 4) is 22.5 Å². The Balaban J connectivity index is 0.000000452. The van der Waals surface area contributed by atoms with Gasteiger partial charge in [-0.3, -0.25) is 0 Å². The summed E-state index contributed by atoms with van der Waals surface area (Å²) in [7, 11) is 0. The van der Waals surface area contributed by atoms with Gasteiger partial charge in [0.05, 0.1) is 0 Å². The minimum absolute atomic E-state index is 0.886. The van der Waals surface area contributed by atoms with Crippen molar-refractivity contribution in [2.24, 2.45) is 0 Å². The number of nitrogens with zero attached hydrogens (tertiary/aromatic N) is 2. The van der Waals surface area contributed by atoms with Crippen LogP contribution in [0.3, 0.4) is 0 Å². The molecule has 1 aromatic heterocycles. The minimum atomic E-state index is 0.886. The van der Waals surface area contributed by atoms with Gasteiger partial charge < -0.3 is 0 Å². The number of benzene rings is 2. The lowest BCUT2D eigenvalue weighted by Crippen LogP contribution is -1.82. The second kappa shape index (κ2) is 7.24. The van der Waals surface area contributed by atoms with E-state index in [0.29, 0.717) is 0 Å². The smallest absolute Gasteiger partial charge is 0.120 e. The van der Waals surface area contributed by atoms with Crippen LogP contribution in [0, 0.1) is 0 Å². The third-order valence-corrected chi connectivity index (χ3v) is 2.64. The van der Waals surface area contributed by atoms with Gasteiger partial charge in [-0.05, 0) is 0 Å². The highest BCUT2D eigenvalue weighted by atomic mass is 15.3. The Labute approximate surface area is 119 Å².